The van der Waals surface area contributed by atoms with Gasteiger partial charge in [-0.05, 0) is 44.0 Å². The Morgan fingerprint density at radius 2 is 1.88 bits per heavy atom. The third kappa shape index (κ3) is 6.43. The standard InChI is InChI=1S/C19H25N3O3/c1-4-24-13-16-9-7-15(8-10-16)12-21-19(23)22-17-6-5-11-20-18(17)25-14(2)3/h5-11,14H,4,12-13H2,1-3H3,(H2,21,22,23). The molecule has 2 aromatic rings. The highest BCUT2D eigenvalue weighted by Gasteiger charge is 2.09. The van der Waals surface area contributed by atoms with Crippen molar-refractivity contribution in [1.82, 2.24) is 10.3 Å². The normalized spacial score (nSPS) is 10.6. The van der Waals surface area contributed by atoms with Crippen molar-refractivity contribution in [1.29, 1.82) is 0 Å². The zero-order valence-electron chi connectivity index (χ0n) is 14.9. The number of carbonyl (C=O) groups excluding carboxylic acids is 1. The fourth-order valence-electron chi connectivity index (χ4n) is 2.13. The van der Waals surface area contributed by atoms with Crippen molar-refractivity contribution in [3.05, 3.63) is 53.7 Å². The van der Waals surface area contributed by atoms with Gasteiger partial charge in [-0.25, -0.2) is 9.78 Å². The number of anilines is 1. The van der Waals surface area contributed by atoms with Crippen LogP contribution in [0.5, 0.6) is 5.88 Å². The predicted octanol–water partition coefficient (Wildman–Crippen LogP) is 3.73. The zero-order chi connectivity index (χ0) is 18.1. The molecule has 6 heteroatoms. The molecule has 0 atom stereocenters. The summed E-state index contributed by atoms with van der Waals surface area (Å²) in [5.41, 5.74) is 2.67. The first-order chi connectivity index (χ1) is 12.1. The van der Waals surface area contributed by atoms with Crippen molar-refractivity contribution in [2.75, 3.05) is 11.9 Å². The van der Waals surface area contributed by atoms with E-state index in [2.05, 4.69) is 15.6 Å². The lowest BCUT2D eigenvalue weighted by Gasteiger charge is -2.14. The summed E-state index contributed by atoms with van der Waals surface area (Å²) in [6, 6.07) is 11.2. The first-order valence-corrected chi connectivity index (χ1v) is 8.40. The molecule has 1 aromatic carbocycles. The molecule has 0 aliphatic carbocycles. The smallest absolute Gasteiger partial charge is 0.319 e. The molecule has 0 aliphatic heterocycles. The molecule has 0 aliphatic rings. The minimum Gasteiger partial charge on any atom is -0.473 e. The van der Waals surface area contributed by atoms with Crippen molar-refractivity contribution in [2.24, 2.45) is 0 Å². The molecule has 2 amide bonds. The maximum atomic E-state index is 12.1. The van der Waals surface area contributed by atoms with E-state index in [1.807, 2.05) is 45.0 Å². The molecule has 0 radical (unpaired) electrons. The van der Waals surface area contributed by atoms with E-state index >= 15 is 0 Å². The van der Waals surface area contributed by atoms with Gasteiger partial charge in [0.2, 0.25) is 5.88 Å². The Kier molecular flexibility index (Phi) is 7.22. The fourth-order valence-corrected chi connectivity index (χ4v) is 2.13. The summed E-state index contributed by atoms with van der Waals surface area (Å²) in [5, 5.41) is 5.59. The van der Waals surface area contributed by atoms with Crippen LogP contribution in [-0.2, 0) is 17.9 Å². The van der Waals surface area contributed by atoms with Crippen LogP contribution in [0.3, 0.4) is 0 Å². The lowest BCUT2D eigenvalue weighted by molar-refractivity contribution is 0.134. The number of ether oxygens (including phenoxy) is 2. The first kappa shape index (κ1) is 18.7. The third-order valence-electron chi connectivity index (χ3n) is 3.32. The van der Waals surface area contributed by atoms with E-state index in [1.165, 1.54) is 0 Å². The molecule has 0 fully saturated rings. The summed E-state index contributed by atoms with van der Waals surface area (Å²) in [6.45, 7) is 7.52. The van der Waals surface area contributed by atoms with Crippen LogP contribution < -0.4 is 15.4 Å². The maximum absolute atomic E-state index is 12.1. The number of rotatable bonds is 8. The van der Waals surface area contributed by atoms with Crippen LogP contribution in [0, 0.1) is 0 Å². The summed E-state index contributed by atoms with van der Waals surface area (Å²) < 4.78 is 11.0. The summed E-state index contributed by atoms with van der Waals surface area (Å²) >= 11 is 0. The number of nitrogens with one attached hydrogen (secondary N) is 2. The minimum absolute atomic E-state index is 0.0197. The molecule has 0 unspecified atom stereocenters. The number of aromatic nitrogens is 1. The molecule has 2 N–H and O–H groups in total. The molecule has 6 nitrogen and oxygen atoms in total. The molecule has 0 bridgehead atoms. The second-order valence-electron chi connectivity index (χ2n) is 5.78. The van der Waals surface area contributed by atoms with Gasteiger partial charge in [0.15, 0.2) is 0 Å². The largest absolute Gasteiger partial charge is 0.473 e. The minimum atomic E-state index is -0.306. The van der Waals surface area contributed by atoms with Crippen LogP contribution in [0.4, 0.5) is 10.5 Å². The van der Waals surface area contributed by atoms with Crippen molar-refractivity contribution in [3.63, 3.8) is 0 Å². The molecule has 0 saturated heterocycles. The van der Waals surface area contributed by atoms with Gasteiger partial charge in [0.1, 0.15) is 5.69 Å². The van der Waals surface area contributed by atoms with Crippen LogP contribution in [-0.4, -0.2) is 23.7 Å². The van der Waals surface area contributed by atoms with Gasteiger partial charge in [0.25, 0.3) is 0 Å². The van der Waals surface area contributed by atoms with Gasteiger partial charge < -0.3 is 20.1 Å². The molecule has 0 spiro atoms. The third-order valence-corrected chi connectivity index (χ3v) is 3.32. The Morgan fingerprint density at radius 1 is 1.16 bits per heavy atom. The van der Waals surface area contributed by atoms with Gasteiger partial charge in [-0.3, -0.25) is 0 Å². The number of benzene rings is 1. The number of carbonyl (C=O) groups is 1. The van der Waals surface area contributed by atoms with Crippen LogP contribution in [0.25, 0.3) is 0 Å². The molecular weight excluding hydrogens is 318 g/mol. The van der Waals surface area contributed by atoms with E-state index in [-0.39, 0.29) is 12.1 Å². The van der Waals surface area contributed by atoms with Crippen molar-refractivity contribution in [2.45, 2.75) is 40.0 Å². The Hall–Kier alpha value is -2.60. The van der Waals surface area contributed by atoms with E-state index in [9.17, 15) is 4.79 Å². The SMILES string of the molecule is CCOCc1ccc(CNC(=O)Nc2cccnc2OC(C)C)cc1. The Morgan fingerprint density at radius 3 is 2.56 bits per heavy atom. The lowest BCUT2D eigenvalue weighted by Crippen LogP contribution is -2.28. The Bertz CT molecular complexity index is 672. The molecule has 1 aromatic heterocycles. The monoisotopic (exact) mass is 343 g/mol. The van der Waals surface area contributed by atoms with E-state index in [0.29, 0.717) is 31.3 Å². The average molecular weight is 343 g/mol. The van der Waals surface area contributed by atoms with Gasteiger partial charge >= 0.3 is 6.03 Å². The summed E-state index contributed by atoms with van der Waals surface area (Å²) in [4.78, 5) is 16.3. The van der Waals surface area contributed by atoms with Crippen LogP contribution in [0.15, 0.2) is 42.6 Å². The quantitative estimate of drug-likeness (QED) is 0.766. The van der Waals surface area contributed by atoms with Crippen LogP contribution in [0.1, 0.15) is 31.9 Å². The molecular formula is C19H25N3O3. The molecule has 134 valence electrons. The highest BCUT2D eigenvalue weighted by molar-refractivity contribution is 5.90. The molecule has 25 heavy (non-hydrogen) atoms. The number of nitrogens with zero attached hydrogens (tertiary/aromatic N) is 1. The summed E-state index contributed by atoms with van der Waals surface area (Å²) in [6.07, 6.45) is 1.61. The second kappa shape index (κ2) is 9.64. The van der Waals surface area contributed by atoms with E-state index in [4.69, 9.17) is 9.47 Å². The topological polar surface area (TPSA) is 72.5 Å². The van der Waals surface area contributed by atoms with Gasteiger partial charge in [0, 0.05) is 19.3 Å². The lowest BCUT2D eigenvalue weighted by atomic mass is 10.1. The predicted molar refractivity (Wildman–Crippen MR) is 97.6 cm³/mol. The number of hydrogen-bond donors (Lipinski definition) is 2. The van der Waals surface area contributed by atoms with Gasteiger partial charge in [-0.1, -0.05) is 24.3 Å². The van der Waals surface area contributed by atoms with Crippen LogP contribution >= 0.6 is 0 Å². The highest BCUT2D eigenvalue weighted by Crippen LogP contribution is 2.21. The molecule has 0 saturated carbocycles. The van der Waals surface area contributed by atoms with E-state index in [0.717, 1.165) is 11.1 Å². The van der Waals surface area contributed by atoms with Gasteiger partial charge in [0.05, 0.1) is 12.7 Å². The maximum Gasteiger partial charge on any atom is 0.319 e. The van der Waals surface area contributed by atoms with Crippen molar-refractivity contribution in [3.8, 4) is 5.88 Å². The first-order valence-electron chi connectivity index (χ1n) is 8.40. The van der Waals surface area contributed by atoms with Gasteiger partial charge in [-0.2, -0.15) is 0 Å². The van der Waals surface area contributed by atoms with Crippen LogP contribution in [0.2, 0.25) is 0 Å². The number of urea groups is 1. The van der Waals surface area contributed by atoms with Crippen molar-refractivity contribution >= 4 is 11.7 Å². The second-order valence-corrected chi connectivity index (χ2v) is 5.78. The Balaban J connectivity index is 1.86. The number of pyridine rings is 1. The summed E-state index contributed by atoms with van der Waals surface area (Å²) in [5.74, 6) is 0.410. The average Bonchev–Trinajstić information content (AvgIpc) is 2.60. The van der Waals surface area contributed by atoms with E-state index in [1.54, 1.807) is 18.3 Å². The van der Waals surface area contributed by atoms with Crippen molar-refractivity contribution < 1.29 is 14.3 Å². The van der Waals surface area contributed by atoms with Gasteiger partial charge in [-0.15, -0.1) is 0 Å². The number of amides is 2. The van der Waals surface area contributed by atoms with E-state index < -0.39 is 0 Å². The highest BCUT2D eigenvalue weighted by atomic mass is 16.5. The zero-order valence-corrected chi connectivity index (χ0v) is 14.9. The molecule has 2 rings (SSSR count). The summed E-state index contributed by atoms with van der Waals surface area (Å²) in [7, 11) is 0. The Labute approximate surface area is 148 Å². The number of hydrogen-bond acceptors (Lipinski definition) is 4. The molecule has 1 heterocycles. The fraction of sp³-hybridized carbons (Fsp3) is 0.368.